The summed E-state index contributed by atoms with van der Waals surface area (Å²) in [6.07, 6.45) is 0.996. The number of halogens is 1. The lowest BCUT2D eigenvalue weighted by Crippen LogP contribution is -2.12. The third-order valence-corrected chi connectivity index (χ3v) is 5.44. The summed E-state index contributed by atoms with van der Waals surface area (Å²) in [4.78, 5) is 16.7. The molecule has 0 aliphatic heterocycles. The van der Waals surface area contributed by atoms with E-state index in [0.717, 1.165) is 17.0 Å². The first kappa shape index (κ1) is 19.4. The minimum Gasteiger partial charge on any atom is -0.494 e. The van der Waals surface area contributed by atoms with E-state index in [1.165, 1.54) is 22.1 Å². The number of benzene rings is 3. The van der Waals surface area contributed by atoms with Crippen molar-refractivity contribution in [1.29, 1.82) is 0 Å². The molecule has 0 spiro atoms. The number of nitrogens with zero attached hydrogens (tertiary/aromatic N) is 1. The monoisotopic (exact) mass is 422 g/mol. The zero-order chi connectivity index (χ0) is 20.1. The number of hydrogen-bond donors (Lipinski definition) is 1. The summed E-state index contributed by atoms with van der Waals surface area (Å²) in [5.74, 6) is 0.680. The normalized spacial score (nSPS) is 10.8. The van der Waals surface area contributed by atoms with Crippen molar-refractivity contribution in [3.05, 3.63) is 77.1 Å². The molecule has 6 heteroatoms. The Kier molecular flexibility index (Phi) is 6.08. The van der Waals surface area contributed by atoms with E-state index in [9.17, 15) is 4.79 Å². The maximum atomic E-state index is 12.2. The number of ether oxygens (including phenoxy) is 1. The highest BCUT2D eigenvalue weighted by atomic mass is 35.5. The minimum atomic E-state index is -0.0656. The Morgan fingerprint density at radius 3 is 2.66 bits per heavy atom. The number of thiazole rings is 1. The second kappa shape index (κ2) is 9.07. The van der Waals surface area contributed by atoms with Crippen molar-refractivity contribution >= 4 is 44.7 Å². The van der Waals surface area contributed by atoms with Crippen LogP contribution in [0.15, 0.2) is 72.1 Å². The van der Waals surface area contributed by atoms with Gasteiger partial charge >= 0.3 is 0 Å². The minimum absolute atomic E-state index is 0.0656. The zero-order valence-electron chi connectivity index (χ0n) is 15.6. The molecule has 4 aromatic rings. The average molecular weight is 423 g/mol. The van der Waals surface area contributed by atoms with Gasteiger partial charge in [0.15, 0.2) is 5.13 Å². The zero-order valence-corrected chi connectivity index (χ0v) is 17.2. The molecule has 0 unspecified atom stereocenters. The van der Waals surface area contributed by atoms with Gasteiger partial charge in [-0.3, -0.25) is 4.79 Å². The number of hydrogen-bond acceptors (Lipinski definition) is 4. The number of amides is 1. The summed E-state index contributed by atoms with van der Waals surface area (Å²) in [7, 11) is 0. The highest BCUT2D eigenvalue weighted by molar-refractivity contribution is 7.14. The van der Waals surface area contributed by atoms with Crippen LogP contribution in [-0.4, -0.2) is 17.5 Å². The second-order valence-corrected chi connectivity index (χ2v) is 7.85. The molecule has 1 N–H and O–H groups in total. The van der Waals surface area contributed by atoms with E-state index < -0.39 is 0 Å². The number of carbonyl (C=O) groups is 1. The van der Waals surface area contributed by atoms with Crippen LogP contribution in [0.1, 0.15) is 12.8 Å². The standard InChI is InChI=1S/C23H19ClN2O2S/c24-19-9-11-20(12-10-19)28-13-3-6-22(27)26-23-25-21(15-29-23)18-8-7-16-4-1-2-5-17(16)14-18/h1-2,4-5,7-12,14-15H,3,6,13H2,(H,25,26,27). The van der Waals surface area contributed by atoms with Gasteiger partial charge in [-0.05, 0) is 47.5 Å². The van der Waals surface area contributed by atoms with Crippen molar-refractivity contribution in [2.45, 2.75) is 12.8 Å². The van der Waals surface area contributed by atoms with Crippen LogP contribution in [0.25, 0.3) is 22.0 Å². The first-order valence-corrected chi connectivity index (χ1v) is 10.6. The topological polar surface area (TPSA) is 51.2 Å². The molecule has 0 aliphatic rings. The molecule has 0 aliphatic carbocycles. The molecule has 146 valence electrons. The van der Waals surface area contributed by atoms with Gasteiger partial charge in [0.2, 0.25) is 5.91 Å². The van der Waals surface area contributed by atoms with Gasteiger partial charge in [0, 0.05) is 22.4 Å². The van der Waals surface area contributed by atoms with Gasteiger partial charge in [-0.1, -0.05) is 48.0 Å². The van der Waals surface area contributed by atoms with E-state index in [4.69, 9.17) is 16.3 Å². The van der Waals surface area contributed by atoms with Crippen molar-refractivity contribution in [2.24, 2.45) is 0 Å². The summed E-state index contributed by atoms with van der Waals surface area (Å²) < 4.78 is 5.61. The molecule has 29 heavy (non-hydrogen) atoms. The summed E-state index contributed by atoms with van der Waals surface area (Å²) >= 11 is 7.27. The lowest BCUT2D eigenvalue weighted by atomic mass is 10.1. The van der Waals surface area contributed by atoms with E-state index in [1.807, 2.05) is 29.6 Å². The summed E-state index contributed by atoms with van der Waals surface area (Å²) in [5.41, 5.74) is 1.90. The molecule has 1 heterocycles. The first-order chi connectivity index (χ1) is 14.2. The van der Waals surface area contributed by atoms with E-state index in [-0.39, 0.29) is 5.91 Å². The van der Waals surface area contributed by atoms with Crippen molar-refractivity contribution in [3.63, 3.8) is 0 Å². The van der Waals surface area contributed by atoms with E-state index in [2.05, 4.69) is 40.6 Å². The number of aromatic nitrogens is 1. The number of carbonyl (C=O) groups excluding carboxylic acids is 1. The Morgan fingerprint density at radius 1 is 1.03 bits per heavy atom. The molecule has 0 atom stereocenters. The summed E-state index contributed by atoms with van der Waals surface area (Å²) in [5, 5.41) is 8.48. The third kappa shape index (κ3) is 5.13. The number of anilines is 1. The molecule has 0 bridgehead atoms. The fourth-order valence-corrected chi connectivity index (χ4v) is 3.81. The van der Waals surface area contributed by atoms with Crippen molar-refractivity contribution in [1.82, 2.24) is 4.98 Å². The third-order valence-electron chi connectivity index (χ3n) is 4.43. The average Bonchev–Trinajstić information content (AvgIpc) is 3.20. The Labute approximate surface area is 178 Å². The van der Waals surface area contributed by atoms with Crippen LogP contribution in [-0.2, 0) is 4.79 Å². The molecule has 1 aromatic heterocycles. The van der Waals surface area contributed by atoms with E-state index in [0.29, 0.717) is 29.6 Å². The number of fused-ring (bicyclic) bond motifs is 1. The fourth-order valence-electron chi connectivity index (χ4n) is 2.95. The molecule has 0 saturated heterocycles. The summed E-state index contributed by atoms with van der Waals surface area (Å²) in [6.45, 7) is 0.468. The van der Waals surface area contributed by atoms with Crippen molar-refractivity contribution < 1.29 is 9.53 Å². The molecule has 3 aromatic carbocycles. The highest BCUT2D eigenvalue weighted by Crippen LogP contribution is 2.27. The Morgan fingerprint density at radius 2 is 1.83 bits per heavy atom. The molecule has 1 amide bonds. The SMILES string of the molecule is O=C(CCCOc1ccc(Cl)cc1)Nc1nc(-c2ccc3ccccc3c2)cs1. The fraction of sp³-hybridized carbons (Fsp3) is 0.130. The van der Waals surface area contributed by atoms with Crippen LogP contribution in [0.4, 0.5) is 5.13 Å². The number of rotatable bonds is 7. The van der Waals surface area contributed by atoms with Gasteiger partial charge in [-0.2, -0.15) is 0 Å². The lowest BCUT2D eigenvalue weighted by molar-refractivity contribution is -0.116. The highest BCUT2D eigenvalue weighted by Gasteiger charge is 2.09. The largest absolute Gasteiger partial charge is 0.494 e. The Balaban J connectivity index is 1.29. The maximum Gasteiger partial charge on any atom is 0.226 e. The Hall–Kier alpha value is -2.89. The Bertz CT molecular complexity index is 1130. The van der Waals surface area contributed by atoms with Crippen LogP contribution in [0.5, 0.6) is 5.75 Å². The molecule has 4 nitrogen and oxygen atoms in total. The first-order valence-electron chi connectivity index (χ1n) is 9.30. The smallest absolute Gasteiger partial charge is 0.226 e. The molecule has 0 radical (unpaired) electrons. The van der Waals surface area contributed by atoms with Gasteiger partial charge in [0.1, 0.15) is 5.75 Å². The quantitative estimate of drug-likeness (QED) is 0.350. The molecule has 0 saturated carbocycles. The molecular weight excluding hydrogens is 404 g/mol. The molecule has 0 fully saturated rings. The van der Waals surface area contributed by atoms with Gasteiger partial charge in [-0.25, -0.2) is 4.98 Å². The number of nitrogens with one attached hydrogen (secondary N) is 1. The van der Waals surface area contributed by atoms with Crippen LogP contribution in [0, 0.1) is 0 Å². The van der Waals surface area contributed by atoms with Gasteiger partial charge < -0.3 is 10.1 Å². The van der Waals surface area contributed by atoms with Crippen molar-refractivity contribution in [2.75, 3.05) is 11.9 Å². The lowest BCUT2D eigenvalue weighted by Gasteiger charge is -2.06. The van der Waals surface area contributed by atoms with Gasteiger partial charge in [-0.15, -0.1) is 11.3 Å². The summed E-state index contributed by atoms with van der Waals surface area (Å²) in [6, 6.07) is 21.7. The van der Waals surface area contributed by atoms with Gasteiger partial charge in [0.25, 0.3) is 0 Å². The predicted molar refractivity (Wildman–Crippen MR) is 120 cm³/mol. The van der Waals surface area contributed by atoms with Crippen molar-refractivity contribution in [3.8, 4) is 17.0 Å². The van der Waals surface area contributed by atoms with Gasteiger partial charge in [0.05, 0.1) is 12.3 Å². The van der Waals surface area contributed by atoms with E-state index in [1.54, 1.807) is 12.1 Å². The second-order valence-electron chi connectivity index (χ2n) is 6.55. The molecule has 4 rings (SSSR count). The van der Waals surface area contributed by atoms with Crippen LogP contribution >= 0.6 is 22.9 Å². The molecular formula is C23H19ClN2O2S. The van der Waals surface area contributed by atoms with Crippen LogP contribution in [0.2, 0.25) is 5.02 Å². The van der Waals surface area contributed by atoms with E-state index >= 15 is 0 Å². The van der Waals surface area contributed by atoms with Crippen LogP contribution < -0.4 is 10.1 Å². The maximum absolute atomic E-state index is 12.2. The van der Waals surface area contributed by atoms with Crippen LogP contribution in [0.3, 0.4) is 0 Å². The predicted octanol–water partition coefficient (Wildman–Crippen LogP) is 6.41.